The minimum Gasteiger partial charge on any atom is -0.398 e. The van der Waals surface area contributed by atoms with Crippen LogP contribution in [0, 0.1) is 12.7 Å². The van der Waals surface area contributed by atoms with E-state index in [2.05, 4.69) is 21.0 Å². The SMILES string of the molecule is CCn1nc(C)c(Br)c1CC(O)c1cc(F)ccc1N. The van der Waals surface area contributed by atoms with Crippen LogP contribution in [0.1, 0.15) is 30.0 Å². The minimum atomic E-state index is -0.872. The van der Waals surface area contributed by atoms with E-state index >= 15 is 0 Å². The normalized spacial score (nSPS) is 12.7. The van der Waals surface area contributed by atoms with Crippen molar-refractivity contribution in [2.24, 2.45) is 0 Å². The Balaban J connectivity index is 2.32. The summed E-state index contributed by atoms with van der Waals surface area (Å²) in [6, 6.07) is 4.01. The second-order valence-electron chi connectivity index (χ2n) is 4.66. The summed E-state index contributed by atoms with van der Waals surface area (Å²) in [5, 5.41) is 14.7. The number of nitrogen functional groups attached to an aromatic ring is 1. The second-order valence-corrected chi connectivity index (χ2v) is 5.45. The van der Waals surface area contributed by atoms with Gasteiger partial charge in [0.2, 0.25) is 0 Å². The summed E-state index contributed by atoms with van der Waals surface area (Å²) in [7, 11) is 0. The fourth-order valence-electron chi connectivity index (χ4n) is 2.19. The quantitative estimate of drug-likeness (QED) is 0.840. The van der Waals surface area contributed by atoms with E-state index < -0.39 is 11.9 Å². The standard InChI is InChI=1S/C14H17BrFN3O/c1-3-19-12(14(15)8(2)18-19)7-13(20)10-6-9(16)4-5-11(10)17/h4-6,13,20H,3,7,17H2,1-2H3. The van der Waals surface area contributed by atoms with Gasteiger partial charge in [0.15, 0.2) is 0 Å². The number of aliphatic hydroxyl groups excluding tert-OH is 1. The third-order valence-corrected chi connectivity index (χ3v) is 4.28. The second kappa shape index (κ2) is 5.93. The minimum absolute atomic E-state index is 0.322. The Morgan fingerprint density at radius 1 is 1.50 bits per heavy atom. The van der Waals surface area contributed by atoms with Gasteiger partial charge in [-0.1, -0.05) is 0 Å². The van der Waals surface area contributed by atoms with E-state index in [1.165, 1.54) is 18.2 Å². The Labute approximate surface area is 125 Å². The number of anilines is 1. The molecule has 0 amide bonds. The lowest BCUT2D eigenvalue weighted by Gasteiger charge is -2.14. The van der Waals surface area contributed by atoms with E-state index in [0.717, 1.165) is 15.9 Å². The van der Waals surface area contributed by atoms with Gasteiger partial charge in [-0.05, 0) is 48.0 Å². The molecule has 1 heterocycles. The molecule has 0 spiro atoms. The molecule has 3 N–H and O–H groups in total. The van der Waals surface area contributed by atoms with Crippen molar-refractivity contribution in [1.29, 1.82) is 0 Å². The maximum atomic E-state index is 13.3. The molecule has 1 atom stereocenters. The van der Waals surface area contributed by atoms with Crippen molar-refractivity contribution in [2.45, 2.75) is 32.9 Å². The van der Waals surface area contributed by atoms with Crippen molar-refractivity contribution in [1.82, 2.24) is 9.78 Å². The summed E-state index contributed by atoms with van der Waals surface area (Å²) in [5.41, 5.74) is 8.32. The lowest BCUT2D eigenvalue weighted by molar-refractivity contribution is 0.175. The molecule has 6 heteroatoms. The first kappa shape index (κ1) is 15.0. The van der Waals surface area contributed by atoms with Gasteiger partial charge in [0, 0.05) is 24.2 Å². The Bertz CT molecular complexity index is 627. The van der Waals surface area contributed by atoms with Crippen LogP contribution in [0.2, 0.25) is 0 Å². The van der Waals surface area contributed by atoms with Gasteiger partial charge in [0.25, 0.3) is 0 Å². The predicted octanol–water partition coefficient (Wildman–Crippen LogP) is 2.97. The lowest BCUT2D eigenvalue weighted by Crippen LogP contribution is -2.10. The van der Waals surface area contributed by atoms with Crippen molar-refractivity contribution in [3.63, 3.8) is 0 Å². The van der Waals surface area contributed by atoms with Crippen LogP contribution in [0.5, 0.6) is 0 Å². The maximum absolute atomic E-state index is 13.3. The molecule has 0 fully saturated rings. The number of rotatable bonds is 4. The van der Waals surface area contributed by atoms with Crippen LogP contribution in [0.3, 0.4) is 0 Å². The summed E-state index contributed by atoms with van der Waals surface area (Å²) in [6.45, 7) is 4.57. The predicted molar refractivity (Wildman–Crippen MR) is 79.8 cm³/mol. The van der Waals surface area contributed by atoms with Crippen LogP contribution in [-0.4, -0.2) is 14.9 Å². The Morgan fingerprint density at radius 3 is 2.85 bits per heavy atom. The fourth-order valence-corrected chi connectivity index (χ4v) is 2.64. The monoisotopic (exact) mass is 341 g/mol. The zero-order valence-corrected chi connectivity index (χ0v) is 13.0. The molecule has 0 bridgehead atoms. The molecule has 1 unspecified atom stereocenters. The number of hydrogen-bond donors (Lipinski definition) is 2. The van der Waals surface area contributed by atoms with E-state index in [4.69, 9.17) is 5.73 Å². The number of aryl methyl sites for hydroxylation is 2. The molecule has 0 aliphatic carbocycles. The van der Waals surface area contributed by atoms with Crippen molar-refractivity contribution >= 4 is 21.6 Å². The zero-order chi connectivity index (χ0) is 14.9. The van der Waals surface area contributed by atoms with Crippen molar-refractivity contribution < 1.29 is 9.50 Å². The highest BCUT2D eigenvalue weighted by Crippen LogP contribution is 2.29. The van der Waals surface area contributed by atoms with Gasteiger partial charge in [0.1, 0.15) is 5.82 Å². The number of aromatic nitrogens is 2. The molecule has 2 rings (SSSR count). The first-order chi connectivity index (χ1) is 9.43. The van der Waals surface area contributed by atoms with Gasteiger partial charge in [-0.2, -0.15) is 5.10 Å². The third-order valence-electron chi connectivity index (χ3n) is 3.25. The van der Waals surface area contributed by atoms with E-state index in [9.17, 15) is 9.50 Å². The molecule has 0 aliphatic heterocycles. The van der Waals surface area contributed by atoms with Crippen LogP contribution in [-0.2, 0) is 13.0 Å². The maximum Gasteiger partial charge on any atom is 0.123 e. The topological polar surface area (TPSA) is 64.1 Å². The Kier molecular flexibility index (Phi) is 4.45. The van der Waals surface area contributed by atoms with Crippen molar-refractivity contribution in [3.8, 4) is 0 Å². The molecule has 0 radical (unpaired) electrons. The highest BCUT2D eigenvalue weighted by molar-refractivity contribution is 9.10. The molecule has 0 aliphatic rings. The number of benzene rings is 1. The third kappa shape index (κ3) is 2.86. The smallest absolute Gasteiger partial charge is 0.123 e. The highest BCUT2D eigenvalue weighted by atomic mass is 79.9. The van der Waals surface area contributed by atoms with Gasteiger partial charge in [-0.25, -0.2) is 4.39 Å². The summed E-state index contributed by atoms with van der Waals surface area (Å²) < 4.78 is 16.0. The van der Waals surface area contributed by atoms with Gasteiger partial charge in [-0.3, -0.25) is 4.68 Å². The fraction of sp³-hybridized carbons (Fsp3) is 0.357. The lowest BCUT2D eigenvalue weighted by atomic mass is 10.0. The number of aliphatic hydroxyl groups is 1. The molecule has 2 aromatic rings. The first-order valence-electron chi connectivity index (χ1n) is 6.38. The van der Waals surface area contributed by atoms with E-state index in [1.807, 2.05) is 18.5 Å². The summed E-state index contributed by atoms with van der Waals surface area (Å²) in [6.07, 6.45) is -0.550. The van der Waals surface area contributed by atoms with Crippen LogP contribution in [0.15, 0.2) is 22.7 Å². The van der Waals surface area contributed by atoms with Crippen LogP contribution >= 0.6 is 15.9 Å². The molecule has 108 valence electrons. The number of halogens is 2. The van der Waals surface area contributed by atoms with Gasteiger partial charge < -0.3 is 10.8 Å². The molecule has 20 heavy (non-hydrogen) atoms. The average molecular weight is 342 g/mol. The number of nitrogens with two attached hydrogens (primary N) is 1. The molecule has 1 aromatic carbocycles. The number of hydrogen-bond acceptors (Lipinski definition) is 3. The molecular weight excluding hydrogens is 325 g/mol. The summed E-state index contributed by atoms with van der Waals surface area (Å²) >= 11 is 3.48. The molecule has 0 saturated carbocycles. The van der Waals surface area contributed by atoms with Gasteiger partial charge in [0.05, 0.1) is 22.0 Å². The largest absolute Gasteiger partial charge is 0.398 e. The van der Waals surface area contributed by atoms with E-state index in [0.29, 0.717) is 24.2 Å². The van der Waals surface area contributed by atoms with E-state index in [1.54, 1.807) is 0 Å². The molecule has 4 nitrogen and oxygen atoms in total. The van der Waals surface area contributed by atoms with Crippen LogP contribution in [0.4, 0.5) is 10.1 Å². The van der Waals surface area contributed by atoms with Crippen LogP contribution in [0.25, 0.3) is 0 Å². The average Bonchev–Trinajstić information content (AvgIpc) is 2.69. The number of nitrogens with zero attached hydrogens (tertiary/aromatic N) is 2. The van der Waals surface area contributed by atoms with Crippen molar-refractivity contribution in [3.05, 3.63) is 45.4 Å². The summed E-state index contributed by atoms with van der Waals surface area (Å²) in [4.78, 5) is 0. The Hall–Kier alpha value is -1.40. The van der Waals surface area contributed by atoms with E-state index in [-0.39, 0.29) is 0 Å². The highest BCUT2D eigenvalue weighted by Gasteiger charge is 2.19. The van der Waals surface area contributed by atoms with Crippen molar-refractivity contribution in [2.75, 3.05) is 5.73 Å². The molecular formula is C14H17BrFN3O. The van der Waals surface area contributed by atoms with Gasteiger partial charge in [-0.15, -0.1) is 0 Å². The zero-order valence-electron chi connectivity index (χ0n) is 11.4. The summed E-state index contributed by atoms with van der Waals surface area (Å²) in [5.74, 6) is -0.410. The molecule has 1 aromatic heterocycles. The Morgan fingerprint density at radius 2 is 2.20 bits per heavy atom. The molecule has 0 saturated heterocycles. The van der Waals surface area contributed by atoms with Crippen LogP contribution < -0.4 is 5.73 Å². The van der Waals surface area contributed by atoms with Gasteiger partial charge >= 0.3 is 0 Å². The first-order valence-corrected chi connectivity index (χ1v) is 7.18.